The van der Waals surface area contributed by atoms with Gasteiger partial charge in [-0.05, 0) is 43.9 Å². The van der Waals surface area contributed by atoms with E-state index in [0.29, 0.717) is 31.8 Å². The molecule has 1 aliphatic carbocycles. The van der Waals surface area contributed by atoms with Crippen molar-refractivity contribution < 1.29 is 38.9 Å². The second-order valence-corrected chi connectivity index (χ2v) is 9.19. The molecule has 0 saturated carbocycles. The molecule has 0 radical (unpaired) electrons. The Morgan fingerprint density at radius 1 is 1.09 bits per heavy atom. The predicted molar refractivity (Wildman–Crippen MR) is 126 cm³/mol. The van der Waals surface area contributed by atoms with Gasteiger partial charge in [0.25, 0.3) is 0 Å². The zero-order valence-corrected chi connectivity index (χ0v) is 20.1. The molecule has 1 aromatic rings. The van der Waals surface area contributed by atoms with Gasteiger partial charge in [0, 0.05) is 18.9 Å². The van der Waals surface area contributed by atoms with Crippen LogP contribution in [-0.2, 0) is 37.0 Å². The van der Waals surface area contributed by atoms with Crippen LogP contribution in [0.25, 0.3) is 0 Å². The van der Waals surface area contributed by atoms with Crippen LogP contribution in [0.2, 0.25) is 0 Å². The summed E-state index contributed by atoms with van der Waals surface area (Å²) < 4.78 is 11.0. The molecule has 1 aliphatic rings. The van der Waals surface area contributed by atoms with Gasteiger partial charge in [0.15, 0.2) is 0 Å². The molecule has 35 heavy (non-hydrogen) atoms. The van der Waals surface area contributed by atoms with Crippen molar-refractivity contribution >= 4 is 23.9 Å². The van der Waals surface area contributed by atoms with Crippen molar-refractivity contribution in [3.05, 3.63) is 59.2 Å². The second kappa shape index (κ2) is 12.7. The highest BCUT2D eigenvalue weighted by atomic mass is 16.6. The van der Waals surface area contributed by atoms with Crippen LogP contribution < -0.4 is 10.6 Å². The maximum Gasteiger partial charge on any atom is 0.407 e. The van der Waals surface area contributed by atoms with Crippen LogP contribution >= 0.6 is 0 Å². The number of carbonyl (C=O) groups is 4. The van der Waals surface area contributed by atoms with Gasteiger partial charge in [0.1, 0.15) is 11.6 Å². The standard InChI is InChI=1S/C25H32N2O8/c1-25(2,3)35-24(33)26-13-17-6-10-19(11-7-17)15-34-14-18-8-4-16(5-9-18)12-20(22(29)30)27-21(28)23(31)32/h4-8,10-11,18,20H,9,12-15H2,1-3H3,(H,26,33)(H,27,28)(H,29,30)(H,31,32). The number of aliphatic carboxylic acids is 2. The van der Waals surface area contributed by atoms with Gasteiger partial charge in [0.2, 0.25) is 0 Å². The number of carboxylic acid groups (broad SMARTS) is 2. The Morgan fingerprint density at radius 2 is 1.74 bits per heavy atom. The molecule has 2 atom stereocenters. The third kappa shape index (κ3) is 10.4. The quantitative estimate of drug-likeness (QED) is 0.367. The lowest BCUT2D eigenvalue weighted by Gasteiger charge is -2.19. The highest BCUT2D eigenvalue weighted by Crippen LogP contribution is 2.21. The summed E-state index contributed by atoms with van der Waals surface area (Å²) in [6, 6.07) is 6.36. The largest absolute Gasteiger partial charge is 0.480 e. The third-order valence-corrected chi connectivity index (χ3v) is 4.96. The molecule has 0 aliphatic heterocycles. The van der Waals surface area contributed by atoms with Crippen LogP contribution in [0.3, 0.4) is 0 Å². The maximum absolute atomic E-state index is 11.7. The number of rotatable bonds is 10. The summed E-state index contributed by atoms with van der Waals surface area (Å²) in [6.45, 7) is 6.67. The van der Waals surface area contributed by atoms with E-state index in [4.69, 9.17) is 14.6 Å². The SMILES string of the molecule is CC(C)(C)OC(=O)NCc1ccc(COCC2C=CC(CC(NC(=O)C(=O)O)C(=O)O)=CC2)cc1. The van der Waals surface area contributed by atoms with Gasteiger partial charge < -0.3 is 30.3 Å². The molecule has 0 spiro atoms. The van der Waals surface area contributed by atoms with Crippen LogP contribution in [-0.4, -0.2) is 52.4 Å². The normalized spacial score (nSPS) is 16.1. The van der Waals surface area contributed by atoms with Crippen molar-refractivity contribution in [2.45, 2.75) is 58.4 Å². The van der Waals surface area contributed by atoms with E-state index in [1.54, 1.807) is 26.8 Å². The van der Waals surface area contributed by atoms with Gasteiger partial charge in [0.05, 0.1) is 13.2 Å². The van der Waals surface area contributed by atoms with E-state index < -0.39 is 35.6 Å². The first-order chi connectivity index (χ1) is 16.4. The Labute approximate surface area is 204 Å². The maximum atomic E-state index is 11.7. The fourth-order valence-corrected chi connectivity index (χ4v) is 3.21. The number of ether oxygens (including phenoxy) is 2. The molecule has 10 heteroatoms. The third-order valence-electron chi connectivity index (χ3n) is 4.96. The average molecular weight is 489 g/mol. The molecule has 2 unspecified atom stereocenters. The average Bonchev–Trinajstić information content (AvgIpc) is 2.78. The summed E-state index contributed by atoms with van der Waals surface area (Å²) in [4.78, 5) is 44.9. The molecule has 0 bridgehead atoms. The van der Waals surface area contributed by atoms with Crippen molar-refractivity contribution in [2.75, 3.05) is 6.61 Å². The van der Waals surface area contributed by atoms with E-state index >= 15 is 0 Å². The van der Waals surface area contributed by atoms with Crippen molar-refractivity contribution in [1.29, 1.82) is 0 Å². The van der Waals surface area contributed by atoms with Crippen molar-refractivity contribution in [1.82, 2.24) is 10.6 Å². The van der Waals surface area contributed by atoms with E-state index in [2.05, 4.69) is 5.32 Å². The number of allylic oxidation sites excluding steroid dienone is 2. The van der Waals surface area contributed by atoms with Gasteiger partial charge in [-0.1, -0.05) is 42.5 Å². The van der Waals surface area contributed by atoms with Gasteiger partial charge >= 0.3 is 23.9 Å². The van der Waals surface area contributed by atoms with E-state index in [9.17, 15) is 24.3 Å². The van der Waals surface area contributed by atoms with Crippen molar-refractivity contribution in [3.8, 4) is 0 Å². The molecule has 0 aromatic heterocycles. The van der Waals surface area contributed by atoms with E-state index in [0.717, 1.165) is 11.1 Å². The predicted octanol–water partition coefficient (Wildman–Crippen LogP) is 2.77. The highest BCUT2D eigenvalue weighted by molar-refractivity contribution is 6.31. The molecule has 190 valence electrons. The fraction of sp³-hybridized carbons (Fsp3) is 0.440. The lowest BCUT2D eigenvalue weighted by atomic mass is 9.94. The van der Waals surface area contributed by atoms with Gasteiger partial charge in [-0.2, -0.15) is 0 Å². The zero-order valence-electron chi connectivity index (χ0n) is 20.1. The Bertz CT molecular complexity index is 976. The summed E-state index contributed by atoms with van der Waals surface area (Å²) in [7, 11) is 0. The Morgan fingerprint density at radius 3 is 2.29 bits per heavy atom. The molecular formula is C25H32N2O8. The molecule has 0 heterocycles. The summed E-state index contributed by atoms with van der Waals surface area (Å²) in [6.07, 6.45) is 5.72. The van der Waals surface area contributed by atoms with Crippen LogP contribution in [0.1, 0.15) is 44.7 Å². The zero-order chi connectivity index (χ0) is 26.0. The summed E-state index contributed by atoms with van der Waals surface area (Å²) in [5, 5.41) is 22.6. The van der Waals surface area contributed by atoms with Gasteiger partial charge in [-0.25, -0.2) is 14.4 Å². The molecule has 1 aromatic carbocycles. The number of nitrogens with one attached hydrogen (secondary N) is 2. The Kier molecular flexibility index (Phi) is 10.0. The number of hydrogen-bond donors (Lipinski definition) is 4. The van der Waals surface area contributed by atoms with Gasteiger partial charge in [-0.3, -0.25) is 4.79 Å². The highest BCUT2D eigenvalue weighted by Gasteiger charge is 2.24. The molecule has 4 N–H and O–H groups in total. The minimum atomic E-state index is -1.73. The molecule has 10 nitrogen and oxygen atoms in total. The summed E-state index contributed by atoms with van der Waals surface area (Å²) in [5.41, 5.74) is 2.08. The molecular weight excluding hydrogens is 456 g/mol. The minimum absolute atomic E-state index is 0.00639. The Balaban J connectivity index is 1.72. The van der Waals surface area contributed by atoms with Gasteiger partial charge in [-0.15, -0.1) is 0 Å². The number of hydrogen-bond acceptors (Lipinski definition) is 6. The number of benzene rings is 1. The monoisotopic (exact) mass is 488 g/mol. The lowest BCUT2D eigenvalue weighted by Crippen LogP contribution is -2.44. The number of alkyl carbamates (subject to hydrolysis) is 1. The molecule has 0 fully saturated rings. The van der Waals surface area contributed by atoms with Crippen LogP contribution in [0, 0.1) is 5.92 Å². The summed E-state index contributed by atoms with van der Waals surface area (Å²) >= 11 is 0. The minimum Gasteiger partial charge on any atom is -0.480 e. The van der Waals surface area contributed by atoms with Crippen molar-refractivity contribution in [2.24, 2.45) is 5.92 Å². The first-order valence-electron chi connectivity index (χ1n) is 11.2. The van der Waals surface area contributed by atoms with E-state index in [1.165, 1.54) is 0 Å². The molecule has 0 saturated heterocycles. The lowest BCUT2D eigenvalue weighted by molar-refractivity contribution is -0.152. The topological polar surface area (TPSA) is 151 Å². The van der Waals surface area contributed by atoms with Crippen LogP contribution in [0.4, 0.5) is 4.79 Å². The summed E-state index contributed by atoms with van der Waals surface area (Å²) in [5.74, 6) is -4.26. The smallest absolute Gasteiger partial charge is 0.407 e. The van der Waals surface area contributed by atoms with Crippen molar-refractivity contribution in [3.63, 3.8) is 0 Å². The van der Waals surface area contributed by atoms with E-state index in [-0.39, 0.29) is 12.3 Å². The first kappa shape index (κ1) is 27.6. The number of carboxylic acids is 2. The molecule has 2 rings (SSSR count). The molecule has 2 amide bonds. The van der Waals surface area contributed by atoms with E-state index in [1.807, 2.05) is 41.7 Å². The van der Waals surface area contributed by atoms with Crippen LogP contribution in [0.5, 0.6) is 0 Å². The first-order valence-corrected chi connectivity index (χ1v) is 11.2. The number of amides is 2. The Hall–Kier alpha value is -3.66. The van der Waals surface area contributed by atoms with Crippen LogP contribution in [0.15, 0.2) is 48.1 Å². The fourth-order valence-electron chi connectivity index (χ4n) is 3.21. The second-order valence-electron chi connectivity index (χ2n) is 9.19. The number of carbonyl (C=O) groups excluding carboxylic acids is 2.